The molecule has 0 fully saturated rings. The number of hydrogen-bond acceptors (Lipinski definition) is 3. The molecule has 1 atom stereocenters. The standard InChI is InChI=1S/C13H16N2O2/c1-11(15-8-7-14-10-15)9-17-13-5-3-12(16-2)4-6-13/h3-8,10-11H,9H2,1-2H3. The molecule has 1 aromatic carbocycles. The van der Waals surface area contributed by atoms with Crippen molar-refractivity contribution in [1.29, 1.82) is 0 Å². The molecule has 0 bridgehead atoms. The highest BCUT2D eigenvalue weighted by Crippen LogP contribution is 2.18. The summed E-state index contributed by atoms with van der Waals surface area (Å²) < 4.78 is 12.8. The first-order valence-corrected chi connectivity index (χ1v) is 5.54. The molecular formula is C13H16N2O2. The topological polar surface area (TPSA) is 36.3 Å². The van der Waals surface area contributed by atoms with E-state index in [1.54, 1.807) is 19.6 Å². The zero-order chi connectivity index (χ0) is 12.1. The maximum Gasteiger partial charge on any atom is 0.119 e. The Morgan fingerprint density at radius 2 is 1.94 bits per heavy atom. The second-order valence-electron chi connectivity index (χ2n) is 3.85. The van der Waals surface area contributed by atoms with E-state index in [2.05, 4.69) is 11.9 Å². The molecule has 0 saturated carbocycles. The molecule has 1 aromatic heterocycles. The minimum atomic E-state index is 0.264. The first-order chi connectivity index (χ1) is 8.29. The Kier molecular flexibility index (Phi) is 3.65. The van der Waals surface area contributed by atoms with Crippen molar-refractivity contribution in [2.45, 2.75) is 13.0 Å². The number of ether oxygens (including phenoxy) is 2. The van der Waals surface area contributed by atoms with Gasteiger partial charge < -0.3 is 14.0 Å². The summed E-state index contributed by atoms with van der Waals surface area (Å²) in [4.78, 5) is 4.01. The van der Waals surface area contributed by atoms with Crippen molar-refractivity contribution in [1.82, 2.24) is 9.55 Å². The molecule has 1 unspecified atom stereocenters. The molecule has 0 aliphatic heterocycles. The van der Waals surface area contributed by atoms with Crippen LogP contribution < -0.4 is 9.47 Å². The quantitative estimate of drug-likeness (QED) is 0.794. The van der Waals surface area contributed by atoms with Crippen molar-refractivity contribution < 1.29 is 9.47 Å². The van der Waals surface area contributed by atoms with Crippen LogP contribution in [0.1, 0.15) is 13.0 Å². The number of hydrogen-bond donors (Lipinski definition) is 0. The highest BCUT2D eigenvalue weighted by atomic mass is 16.5. The number of imidazole rings is 1. The Bertz CT molecular complexity index is 437. The molecule has 1 heterocycles. The summed E-state index contributed by atoms with van der Waals surface area (Å²) in [6.45, 7) is 2.70. The molecule has 4 heteroatoms. The summed E-state index contributed by atoms with van der Waals surface area (Å²) >= 11 is 0. The third-order valence-electron chi connectivity index (χ3n) is 2.58. The average molecular weight is 232 g/mol. The van der Waals surface area contributed by atoms with Crippen LogP contribution >= 0.6 is 0 Å². The van der Waals surface area contributed by atoms with Gasteiger partial charge in [0.05, 0.1) is 19.5 Å². The van der Waals surface area contributed by atoms with Gasteiger partial charge in [0.25, 0.3) is 0 Å². The van der Waals surface area contributed by atoms with Crippen LogP contribution in [0.25, 0.3) is 0 Å². The van der Waals surface area contributed by atoms with Crippen LogP contribution in [-0.2, 0) is 0 Å². The second kappa shape index (κ2) is 5.39. The lowest BCUT2D eigenvalue weighted by Crippen LogP contribution is -2.12. The van der Waals surface area contributed by atoms with E-state index in [-0.39, 0.29) is 6.04 Å². The van der Waals surface area contributed by atoms with E-state index in [4.69, 9.17) is 9.47 Å². The molecule has 2 rings (SSSR count). The fourth-order valence-electron chi connectivity index (χ4n) is 1.51. The van der Waals surface area contributed by atoms with E-state index in [9.17, 15) is 0 Å². The molecule has 0 saturated heterocycles. The number of benzene rings is 1. The number of aromatic nitrogens is 2. The molecule has 0 amide bonds. The first-order valence-electron chi connectivity index (χ1n) is 5.54. The van der Waals surface area contributed by atoms with Gasteiger partial charge in [0.2, 0.25) is 0 Å². The molecule has 0 radical (unpaired) electrons. The molecule has 90 valence electrons. The van der Waals surface area contributed by atoms with Crippen LogP contribution in [0.4, 0.5) is 0 Å². The Morgan fingerprint density at radius 1 is 1.24 bits per heavy atom. The van der Waals surface area contributed by atoms with Gasteiger partial charge in [-0.05, 0) is 31.2 Å². The smallest absolute Gasteiger partial charge is 0.119 e. The van der Waals surface area contributed by atoms with Gasteiger partial charge in [-0.15, -0.1) is 0 Å². The van der Waals surface area contributed by atoms with Crippen LogP contribution in [0.3, 0.4) is 0 Å². The summed E-state index contributed by atoms with van der Waals surface area (Å²) in [6.07, 6.45) is 5.49. The maximum atomic E-state index is 5.69. The Balaban J connectivity index is 1.89. The van der Waals surface area contributed by atoms with Gasteiger partial charge in [-0.2, -0.15) is 0 Å². The van der Waals surface area contributed by atoms with Crippen LogP contribution in [0.5, 0.6) is 11.5 Å². The predicted octanol–water partition coefficient (Wildman–Crippen LogP) is 2.53. The fraction of sp³-hybridized carbons (Fsp3) is 0.308. The minimum absolute atomic E-state index is 0.264. The van der Waals surface area contributed by atoms with Gasteiger partial charge in [-0.25, -0.2) is 4.98 Å². The van der Waals surface area contributed by atoms with E-state index < -0.39 is 0 Å². The van der Waals surface area contributed by atoms with Crippen molar-refractivity contribution in [2.75, 3.05) is 13.7 Å². The highest BCUT2D eigenvalue weighted by Gasteiger charge is 2.04. The van der Waals surface area contributed by atoms with Crippen LogP contribution in [0.15, 0.2) is 43.0 Å². The van der Waals surface area contributed by atoms with Crippen LogP contribution in [0, 0.1) is 0 Å². The summed E-state index contributed by atoms with van der Waals surface area (Å²) in [5.74, 6) is 1.68. The monoisotopic (exact) mass is 232 g/mol. The van der Waals surface area contributed by atoms with Gasteiger partial charge in [-0.1, -0.05) is 0 Å². The van der Waals surface area contributed by atoms with E-state index in [0.717, 1.165) is 11.5 Å². The summed E-state index contributed by atoms with van der Waals surface area (Å²) in [5, 5.41) is 0. The third-order valence-corrected chi connectivity index (χ3v) is 2.58. The van der Waals surface area contributed by atoms with Gasteiger partial charge in [0, 0.05) is 12.4 Å². The Hall–Kier alpha value is -1.97. The summed E-state index contributed by atoms with van der Waals surface area (Å²) in [6, 6.07) is 7.84. The molecule has 0 spiro atoms. The lowest BCUT2D eigenvalue weighted by molar-refractivity contribution is 0.260. The molecule has 17 heavy (non-hydrogen) atoms. The average Bonchev–Trinajstić information content (AvgIpc) is 2.90. The molecule has 0 aliphatic rings. The van der Waals surface area contributed by atoms with Gasteiger partial charge in [0.1, 0.15) is 18.1 Å². The molecule has 2 aromatic rings. The van der Waals surface area contributed by atoms with Gasteiger partial charge >= 0.3 is 0 Å². The molecular weight excluding hydrogens is 216 g/mol. The zero-order valence-electron chi connectivity index (χ0n) is 10.0. The molecule has 0 aliphatic carbocycles. The van der Waals surface area contributed by atoms with Gasteiger partial charge in [-0.3, -0.25) is 0 Å². The second-order valence-corrected chi connectivity index (χ2v) is 3.85. The Morgan fingerprint density at radius 3 is 2.53 bits per heavy atom. The maximum absolute atomic E-state index is 5.69. The zero-order valence-corrected chi connectivity index (χ0v) is 10.0. The number of rotatable bonds is 5. The third kappa shape index (κ3) is 3.00. The Labute approximate surface area is 101 Å². The summed E-state index contributed by atoms with van der Waals surface area (Å²) in [5.41, 5.74) is 0. The molecule has 4 nitrogen and oxygen atoms in total. The van der Waals surface area contributed by atoms with Crippen LogP contribution in [0.2, 0.25) is 0 Å². The van der Waals surface area contributed by atoms with Crippen molar-refractivity contribution in [2.24, 2.45) is 0 Å². The number of nitrogens with zero attached hydrogens (tertiary/aromatic N) is 2. The van der Waals surface area contributed by atoms with Crippen LogP contribution in [-0.4, -0.2) is 23.3 Å². The lowest BCUT2D eigenvalue weighted by atomic mass is 10.3. The first kappa shape index (κ1) is 11.5. The van der Waals surface area contributed by atoms with E-state index in [1.165, 1.54) is 0 Å². The predicted molar refractivity (Wildman–Crippen MR) is 65.4 cm³/mol. The van der Waals surface area contributed by atoms with Crippen molar-refractivity contribution in [3.8, 4) is 11.5 Å². The van der Waals surface area contributed by atoms with Crippen molar-refractivity contribution in [3.63, 3.8) is 0 Å². The van der Waals surface area contributed by atoms with E-state index >= 15 is 0 Å². The van der Waals surface area contributed by atoms with E-state index in [0.29, 0.717) is 6.61 Å². The largest absolute Gasteiger partial charge is 0.497 e. The van der Waals surface area contributed by atoms with Crippen molar-refractivity contribution in [3.05, 3.63) is 43.0 Å². The van der Waals surface area contributed by atoms with E-state index in [1.807, 2.05) is 35.0 Å². The fourth-order valence-corrected chi connectivity index (χ4v) is 1.51. The number of methoxy groups -OCH3 is 1. The minimum Gasteiger partial charge on any atom is -0.497 e. The summed E-state index contributed by atoms with van der Waals surface area (Å²) in [7, 11) is 1.65. The van der Waals surface area contributed by atoms with Crippen molar-refractivity contribution >= 4 is 0 Å². The highest BCUT2D eigenvalue weighted by molar-refractivity contribution is 5.31. The van der Waals surface area contributed by atoms with Gasteiger partial charge in [0.15, 0.2) is 0 Å². The SMILES string of the molecule is COc1ccc(OCC(C)n2ccnc2)cc1. The molecule has 0 N–H and O–H groups in total. The normalized spacial score (nSPS) is 12.1. The lowest BCUT2D eigenvalue weighted by Gasteiger charge is -2.14.